The number of hydrogen-bond donors (Lipinski definition) is 1. The van der Waals surface area contributed by atoms with E-state index in [1.165, 1.54) is 29.3 Å². The first-order chi connectivity index (χ1) is 6.75. The van der Waals surface area contributed by atoms with Crippen LogP contribution in [0.1, 0.15) is 0 Å². The van der Waals surface area contributed by atoms with Crippen molar-refractivity contribution in [2.24, 2.45) is 0 Å². The molecule has 0 aliphatic carbocycles. The van der Waals surface area contributed by atoms with E-state index in [9.17, 15) is 0 Å². The summed E-state index contributed by atoms with van der Waals surface area (Å²) in [7, 11) is 0. The fourth-order valence-electron chi connectivity index (χ4n) is 0.726. The maximum atomic E-state index is 5.87. The predicted molar refractivity (Wildman–Crippen MR) is 55.5 cm³/mol. The van der Waals surface area contributed by atoms with Crippen molar-refractivity contribution in [2.45, 2.75) is 9.37 Å². The highest BCUT2D eigenvalue weighted by Crippen LogP contribution is 2.31. The second-order valence-corrected chi connectivity index (χ2v) is 4.66. The van der Waals surface area contributed by atoms with Gasteiger partial charge in [0, 0.05) is 0 Å². The van der Waals surface area contributed by atoms with E-state index >= 15 is 0 Å². The maximum Gasteiger partial charge on any atom is 0.221 e. The first kappa shape index (κ1) is 9.63. The monoisotopic (exact) mass is 245 g/mol. The van der Waals surface area contributed by atoms with Gasteiger partial charge < -0.3 is 5.73 Å². The minimum Gasteiger partial charge on any atom is -0.368 e. The molecule has 0 unspecified atom stereocenters. The first-order valence-electron chi connectivity index (χ1n) is 3.48. The zero-order valence-corrected chi connectivity index (χ0v) is 9.10. The largest absolute Gasteiger partial charge is 0.368 e. The molecule has 0 radical (unpaired) electrons. The summed E-state index contributed by atoms with van der Waals surface area (Å²) in [6.07, 6.45) is 1.47. The molecule has 2 heterocycles. The lowest BCUT2D eigenvalue weighted by Crippen LogP contribution is -1.95. The van der Waals surface area contributed by atoms with Gasteiger partial charge in [0.25, 0.3) is 0 Å². The Balaban J connectivity index is 2.28. The van der Waals surface area contributed by atoms with E-state index in [1.54, 1.807) is 5.51 Å². The number of halogens is 1. The van der Waals surface area contributed by atoms with Crippen LogP contribution >= 0.6 is 34.7 Å². The van der Waals surface area contributed by atoms with E-state index in [4.69, 9.17) is 17.3 Å². The van der Waals surface area contributed by atoms with Gasteiger partial charge in [-0.25, -0.2) is 9.97 Å². The van der Waals surface area contributed by atoms with Gasteiger partial charge in [0.05, 0.1) is 11.2 Å². The molecule has 8 heteroatoms. The fraction of sp³-hybridized carbons (Fsp3) is 0. The van der Waals surface area contributed by atoms with Crippen LogP contribution in [0, 0.1) is 0 Å². The van der Waals surface area contributed by atoms with Crippen molar-refractivity contribution in [3.8, 4) is 0 Å². The quantitative estimate of drug-likeness (QED) is 0.812. The molecule has 72 valence electrons. The van der Waals surface area contributed by atoms with Crippen LogP contribution in [-0.4, -0.2) is 20.2 Å². The summed E-state index contributed by atoms with van der Waals surface area (Å²) in [5.41, 5.74) is 7.07. The Morgan fingerprint density at radius 1 is 1.50 bits per heavy atom. The highest BCUT2D eigenvalue weighted by atomic mass is 35.5. The number of nitrogen functional groups attached to an aromatic ring is 1. The zero-order chi connectivity index (χ0) is 9.97. The zero-order valence-electron chi connectivity index (χ0n) is 6.72. The van der Waals surface area contributed by atoms with E-state index in [-0.39, 0.29) is 5.95 Å². The number of aromatic nitrogens is 4. The van der Waals surface area contributed by atoms with Crippen molar-refractivity contribution >= 4 is 40.6 Å². The Kier molecular flexibility index (Phi) is 2.80. The molecule has 0 atom stereocenters. The van der Waals surface area contributed by atoms with Crippen molar-refractivity contribution < 1.29 is 0 Å². The van der Waals surface area contributed by atoms with E-state index in [1.807, 2.05) is 0 Å². The number of hydrogen-bond acceptors (Lipinski definition) is 7. The highest BCUT2D eigenvalue weighted by molar-refractivity contribution is 8.01. The molecule has 0 spiro atoms. The average Bonchev–Trinajstić information content (AvgIpc) is 2.64. The number of anilines is 1. The van der Waals surface area contributed by atoms with Gasteiger partial charge in [-0.15, -0.1) is 10.2 Å². The van der Waals surface area contributed by atoms with Gasteiger partial charge >= 0.3 is 0 Å². The molecule has 0 aliphatic rings. The van der Waals surface area contributed by atoms with Gasteiger partial charge in [-0.1, -0.05) is 22.9 Å². The molecule has 0 fully saturated rings. The third kappa shape index (κ3) is 2.11. The van der Waals surface area contributed by atoms with Gasteiger partial charge in [-0.2, -0.15) is 0 Å². The lowest BCUT2D eigenvalue weighted by atomic mass is 10.7. The predicted octanol–water partition coefficient (Wildman–Crippen LogP) is 1.71. The van der Waals surface area contributed by atoms with Crippen LogP contribution in [0.2, 0.25) is 5.02 Å². The lowest BCUT2D eigenvalue weighted by Gasteiger charge is -1.99. The number of rotatable bonds is 2. The summed E-state index contributed by atoms with van der Waals surface area (Å²) in [6.45, 7) is 0. The van der Waals surface area contributed by atoms with Crippen LogP contribution in [0.25, 0.3) is 0 Å². The summed E-state index contributed by atoms with van der Waals surface area (Å²) in [5, 5.41) is 8.61. The molecule has 2 aromatic rings. The minimum absolute atomic E-state index is 0.196. The van der Waals surface area contributed by atoms with Crippen LogP contribution in [0.4, 0.5) is 5.95 Å². The van der Waals surface area contributed by atoms with Crippen molar-refractivity contribution in [3.63, 3.8) is 0 Å². The summed E-state index contributed by atoms with van der Waals surface area (Å²) >= 11 is 8.60. The molecule has 0 bridgehead atoms. The Morgan fingerprint density at radius 3 is 3.07 bits per heavy atom. The van der Waals surface area contributed by atoms with Gasteiger partial charge in [-0.3, -0.25) is 0 Å². The Hall–Kier alpha value is -0.920. The first-order valence-corrected chi connectivity index (χ1v) is 5.55. The second-order valence-electron chi connectivity index (χ2n) is 2.19. The summed E-state index contributed by atoms with van der Waals surface area (Å²) in [6, 6.07) is 0. The molecule has 5 nitrogen and oxygen atoms in total. The van der Waals surface area contributed by atoms with Crippen LogP contribution in [0.5, 0.6) is 0 Å². The van der Waals surface area contributed by atoms with Crippen LogP contribution in [-0.2, 0) is 0 Å². The van der Waals surface area contributed by atoms with E-state index in [0.29, 0.717) is 10.0 Å². The molecular formula is C6H4ClN5S2. The molecule has 0 amide bonds. The van der Waals surface area contributed by atoms with Crippen LogP contribution in [0.15, 0.2) is 21.1 Å². The standard InChI is InChI=1S/C6H4ClN5S2/c7-3-1-9-5(8)11-4(3)14-6-12-10-2-13-6/h1-2H,(H2,8,9,11). The van der Waals surface area contributed by atoms with Crippen molar-refractivity contribution in [2.75, 3.05) is 5.73 Å². The average molecular weight is 246 g/mol. The van der Waals surface area contributed by atoms with Gasteiger partial charge in [0.2, 0.25) is 5.95 Å². The Bertz CT molecular complexity index is 432. The molecule has 0 saturated heterocycles. The molecule has 0 aliphatic heterocycles. The number of nitrogens with two attached hydrogens (primary N) is 1. The topological polar surface area (TPSA) is 77.6 Å². The van der Waals surface area contributed by atoms with E-state index in [2.05, 4.69) is 20.2 Å². The summed E-state index contributed by atoms with van der Waals surface area (Å²) in [5.74, 6) is 0.196. The van der Waals surface area contributed by atoms with Crippen LogP contribution < -0.4 is 5.73 Å². The second kappa shape index (κ2) is 4.07. The van der Waals surface area contributed by atoms with Crippen molar-refractivity contribution in [1.29, 1.82) is 0 Å². The smallest absolute Gasteiger partial charge is 0.221 e. The molecular weight excluding hydrogens is 242 g/mol. The minimum atomic E-state index is 0.196. The molecule has 0 saturated carbocycles. The van der Waals surface area contributed by atoms with E-state index < -0.39 is 0 Å². The SMILES string of the molecule is Nc1ncc(Cl)c(Sc2nncs2)n1. The molecule has 2 aromatic heterocycles. The van der Waals surface area contributed by atoms with Crippen molar-refractivity contribution in [1.82, 2.24) is 20.2 Å². The van der Waals surface area contributed by atoms with Gasteiger partial charge in [-0.05, 0) is 11.8 Å². The normalized spacial score (nSPS) is 10.4. The third-order valence-corrected chi connectivity index (χ3v) is 3.43. The highest BCUT2D eigenvalue weighted by Gasteiger charge is 2.07. The Morgan fingerprint density at radius 2 is 2.36 bits per heavy atom. The Labute approximate surface area is 92.7 Å². The van der Waals surface area contributed by atoms with Gasteiger partial charge in [0.15, 0.2) is 4.34 Å². The van der Waals surface area contributed by atoms with Crippen LogP contribution in [0.3, 0.4) is 0 Å². The lowest BCUT2D eigenvalue weighted by molar-refractivity contribution is 1.00. The van der Waals surface area contributed by atoms with E-state index in [0.717, 1.165) is 4.34 Å². The molecule has 2 N–H and O–H groups in total. The summed E-state index contributed by atoms with van der Waals surface area (Å²) in [4.78, 5) is 7.74. The molecule has 2 rings (SSSR count). The fourth-order valence-corrected chi connectivity index (χ4v) is 2.31. The third-order valence-electron chi connectivity index (χ3n) is 1.25. The van der Waals surface area contributed by atoms with Crippen molar-refractivity contribution in [3.05, 3.63) is 16.7 Å². The number of nitrogens with zero attached hydrogens (tertiary/aromatic N) is 4. The van der Waals surface area contributed by atoms with Gasteiger partial charge in [0.1, 0.15) is 10.5 Å². The molecule has 0 aromatic carbocycles. The summed E-state index contributed by atoms with van der Waals surface area (Å²) < 4.78 is 0.769. The maximum absolute atomic E-state index is 5.87. The molecule has 14 heavy (non-hydrogen) atoms.